The van der Waals surface area contributed by atoms with E-state index in [1.54, 1.807) is 0 Å². The first kappa shape index (κ1) is 27.3. The number of fused-ring (bicyclic) bond motifs is 7. The van der Waals surface area contributed by atoms with Crippen LogP contribution >= 0.6 is 0 Å². The van der Waals surface area contributed by atoms with Crippen LogP contribution in [0.2, 0.25) is 0 Å². The van der Waals surface area contributed by atoms with E-state index in [4.69, 9.17) is 4.74 Å². The van der Waals surface area contributed by atoms with Gasteiger partial charge in [0.1, 0.15) is 0 Å². The van der Waals surface area contributed by atoms with Gasteiger partial charge in [-0.15, -0.1) is 0 Å². The fourth-order valence-corrected chi connectivity index (χ4v) is 12.3. The molecule has 10 atom stereocenters. The Morgan fingerprint density at radius 2 is 1.46 bits per heavy atom. The van der Waals surface area contributed by atoms with Crippen LogP contribution in [0.25, 0.3) is 0 Å². The number of carbonyl (C=O) groups is 2. The van der Waals surface area contributed by atoms with E-state index in [0.29, 0.717) is 29.1 Å². The molecule has 5 aliphatic rings. The molecule has 0 aromatic rings. The van der Waals surface area contributed by atoms with Gasteiger partial charge in [-0.05, 0) is 122 Å². The monoisotopic (exact) mass is 512 g/mol. The Labute approximate surface area is 225 Å². The summed E-state index contributed by atoms with van der Waals surface area (Å²) < 4.78 is 5.76. The quantitative estimate of drug-likeness (QED) is 0.307. The van der Waals surface area contributed by atoms with Crippen molar-refractivity contribution in [2.45, 2.75) is 125 Å². The Balaban J connectivity index is 1.53. The smallest absolute Gasteiger partial charge is 0.348 e. The standard InChI is InChI=1S/C33H52O4/c1-20(2)22-12-14-29(6)16-18-31(8)23(26(22)29)10-11-25-30(7)17-19-33(27(35)36,37-21(3)34)28(4,5)24(30)13-15-32(25,31)9/h22-26H,1,10-19H2,2-9H3,(H,35,36)/t22-,23+,24-,25+,26+,29+,30-,31+,32+,33+/m0/s1. The summed E-state index contributed by atoms with van der Waals surface area (Å²) in [6.45, 7) is 22.6. The van der Waals surface area contributed by atoms with E-state index >= 15 is 0 Å². The highest BCUT2D eigenvalue weighted by atomic mass is 16.6. The minimum atomic E-state index is -1.44. The Morgan fingerprint density at radius 3 is 2.05 bits per heavy atom. The molecule has 5 aliphatic carbocycles. The average Bonchev–Trinajstić information content (AvgIpc) is 3.14. The van der Waals surface area contributed by atoms with E-state index in [0.717, 1.165) is 31.1 Å². The van der Waals surface area contributed by atoms with E-state index in [2.05, 4.69) is 55.0 Å². The van der Waals surface area contributed by atoms with Gasteiger partial charge in [0.15, 0.2) is 0 Å². The van der Waals surface area contributed by atoms with Gasteiger partial charge >= 0.3 is 11.9 Å². The van der Waals surface area contributed by atoms with Gasteiger partial charge in [0.05, 0.1) is 0 Å². The lowest BCUT2D eigenvalue weighted by Gasteiger charge is -2.73. The molecular formula is C33H52O4. The van der Waals surface area contributed by atoms with E-state index in [-0.39, 0.29) is 16.7 Å². The molecule has 5 fully saturated rings. The number of carboxylic acid groups (broad SMARTS) is 1. The molecule has 0 saturated heterocycles. The normalized spacial score (nSPS) is 52.2. The molecule has 5 saturated carbocycles. The van der Waals surface area contributed by atoms with Crippen molar-refractivity contribution in [2.24, 2.45) is 56.7 Å². The number of ether oxygens (including phenoxy) is 1. The molecular weight excluding hydrogens is 460 g/mol. The number of rotatable bonds is 3. The largest absolute Gasteiger partial charge is 0.478 e. The fraction of sp³-hybridized carbons (Fsp3) is 0.879. The second-order valence-electron chi connectivity index (χ2n) is 15.8. The Kier molecular flexibility index (Phi) is 5.97. The second-order valence-corrected chi connectivity index (χ2v) is 15.8. The van der Waals surface area contributed by atoms with Crippen molar-refractivity contribution in [1.29, 1.82) is 0 Å². The Bertz CT molecular complexity index is 1010. The molecule has 0 radical (unpaired) electrons. The lowest BCUT2D eigenvalue weighted by atomic mass is 9.31. The number of carboxylic acids is 1. The van der Waals surface area contributed by atoms with Gasteiger partial charge in [0, 0.05) is 12.3 Å². The van der Waals surface area contributed by atoms with Crippen molar-refractivity contribution in [3.63, 3.8) is 0 Å². The molecule has 4 nitrogen and oxygen atoms in total. The van der Waals surface area contributed by atoms with Crippen LogP contribution in [-0.2, 0) is 14.3 Å². The first-order valence-corrected chi connectivity index (χ1v) is 15.1. The highest BCUT2D eigenvalue weighted by molar-refractivity contribution is 5.82. The van der Waals surface area contributed by atoms with Crippen LogP contribution in [0.4, 0.5) is 0 Å². The van der Waals surface area contributed by atoms with Crippen LogP contribution in [-0.4, -0.2) is 22.6 Å². The fourth-order valence-electron chi connectivity index (χ4n) is 12.3. The SMILES string of the molecule is C=C(C)[C@@H]1CC[C@]2(C)CC[C@]3(C)[C@H](CC[C@@H]4[C@@]5(C)CC[C@@](OC(C)=O)(C(=O)O)C(C)(C)[C@@H]5CC[C@]43C)[C@@H]12. The molecule has 0 aliphatic heterocycles. The molecule has 0 amide bonds. The van der Waals surface area contributed by atoms with Gasteiger partial charge in [-0.3, -0.25) is 4.79 Å². The predicted octanol–water partition coefficient (Wildman–Crippen LogP) is 8.05. The van der Waals surface area contributed by atoms with Crippen LogP contribution < -0.4 is 0 Å². The summed E-state index contributed by atoms with van der Waals surface area (Å²) in [5.41, 5.74) is 0.370. The molecule has 4 heteroatoms. The Hall–Kier alpha value is -1.32. The molecule has 5 rings (SSSR count). The molecule has 0 heterocycles. The maximum absolute atomic E-state index is 12.7. The summed E-state index contributed by atoms with van der Waals surface area (Å²) in [7, 11) is 0. The highest BCUT2D eigenvalue weighted by Crippen LogP contribution is 2.78. The first-order valence-electron chi connectivity index (χ1n) is 15.1. The molecule has 0 bridgehead atoms. The summed E-state index contributed by atoms with van der Waals surface area (Å²) in [6.07, 6.45) is 11.2. The van der Waals surface area contributed by atoms with E-state index in [9.17, 15) is 14.7 Å². The van der Waals surface area contributed by atoms with Crippen LogP contribution in [0.15, 0.2) is 12.2 Å². The first-order chi connectivity index (χ1) is 17.0. The van der Waals surface area contributed by atoms with Crippen molar-refractivity contribution in [3.05, 3.63) is 12.2 Å². The average molecular weight is 513 g/mol. The molecule has 0 aromatic heterocycles. The zero-order valence-corrected chi connectivity index (χ0v) is 24.8. The van der Waals surface area contributed by atoms with Gasteiger partial charge in [0.25, 0.3) is 0 Å². The highest BCUT2D eigenvalue weighted by Gasteiger charge is 2.73. The summed E-state index contributed by atoms with van der Waals surface area (Å²) in [5.74, 6) is 1.48. The number of esters is 1. The second kappa shape index (κ2) is 8.10. The van der Waals surface area contributed by atoms with Crippen LogP contribution in [0.3, 0.4) is 0 Å². The van der Waals surface area contributed by atoms with E-state index < -0.39 is 23.0 Å². The summed E-state index contributed by atoms with van der Waals surface area (Å²) in [5, 5.41) is 10.4. The molecule has 0 aromatic carbocycles. The molecule has 0 unspecified atom stereocenters. The zero-order valence-electron chi connectivity index (χ0n) is 24.8. The Morgan fingerprint density at radius 1 is 0.784 bits per heavy atom. The third-order valence-corrected chi connectivity index (χ3v) is 14.3. The van der Waals surface area contributed by atoms with Crippen molar-refractivity contribution in [1.82, 2.24) is 0 Å². The predicted molar refractivity (Wildman–Crippen MR) is 147 cm³/mol. The van der Waals surface area contributed by atoms with Crippen LogP contribution in [0.1, 0.15) is 120 Å². The third kappa shape index (κ3) is 3.25. The minimum Gasteiger partial charge on any atom is -0.478 e. The van der Waals surface area contributed by atoms with E-state index in [1.807, 2.05) is 0 Å². The van der Waals surface area contributed by atoms with Gasteiger partial charge in [-0.2, -0.15) is 0 Å². The lowest BCUT2D eigenvalue weighted by molar-refractivity contribution is -0.267. The van der Waals surface area contributed by atoms with Crippen LogP contribution in [0, 0.1) is 56.7 Å². The molecule has 1 N–H and O–H groups in total. The molecule has 0 spiro atoms. The maximum atomic E-state index is 12.7. The topological polar surface area (TPSA) is 63.6 Å². The minimum absolute atomic E-state index is 0.0494. The van der Waals surface area contributed by atoms with Crippen molar-refractivity contribution >= 4 is 11.9 Å². The van der Waals surface area contributed by atoms with Gasteiger partial charge < -0.3 is 9.84 Å². The molecule has 37 heavy (non-hydrogen) atoms. The number of aliphatic carboxylic acids is 1. The van der Waals surface area contributed by atoms with Gasteiger partial charge in [-0.1, -0.05) is 53.7 Å². The van der Waals surface area contributed by atoms with Crippen molar-refractivity contribution in [2.75, 3.05) is 0 Å². The maximum Gasteiger partial charge on any atom is 0.348 e. The number of hydrogen-bond acceptors (Lipinski definition) is 3. The lowest BCUT2D eigenvalue weighted by Crippen LogP contribution is -2.70. The van der Waals surface area contributed by atoms with Crippen LogP contribution in [0.5, 0.6) is 0 Å². The van der Waals surface area contributed by atoms with Gasteiger partial charge in [0.2, 0.25) is 5.60 Å². The van der Waals surface area contributed by atoms with Crippen molar-refractivity contribution in [3.8, 4) is 0 Å². The molecule has 208 valence electrons. The summed E-state index contributed by atoms with van der Waals surface area (Å²) >= 11 is 0. The van der Waals surface area contributed by atoms with Crippen molar-refractivity contribution < 1.29 is 19.4 Å². The summed E-state index contributed by atoms with van der Waals surface area (Å²) in [6, 6.07) is 0. The third-order valence-electron chi connectivity index (χ3n) is 14.3. The van der Waals surface area contributed by atoms with Gasteiger partial charge in [-0.25, -0.2) is 4.79 Å². The van der Waals surface area contributed by atoms with E-state index in [1.165, 1.54) is 51.0 Å². The number of allylic oxidation sites excluding steroid dienone is 1. The zero-order chi connectivity index (χ0) is 27.4. The summed E-state index contributed by atoms with van der Waals surface area (Å²) in [4.78, 5) is 24.9. The number of carbonyl (C=O) groups excluding carboxylic acids is 1. The number of hydrogen-bond donors (Lipinski definition) is 1.